The van der Waals surface area contributed by atoms with Crippen LogP contribution in [-0.2, 0) is 23.9 Å². The van der Waals surface area contributed by atoms with Gasteiger partial charge in [-0.15, -0.1) is 0 Å². The number of rotatable bonds is 10. The van der Waals surface area contributed by atoms with Crippen molar-refractivity contribution in [3.8, 4) is 5.88 Å². The van der Waals surface area contributed by atoms with E-state index in [0.29, 0.717) is 11.3 Å². The molecule has 1 aliphatic carbocycles. The second-order valence-corrected chi connectivity index (χ2v) is 13.2. The van der Waals surface area contributed by atoms with Gasteiger partial charge in [0.05, 0.1) is 6.54 Å². The van der Waals surface area contributed by atoms with Gasteiger partial charge in [0.15, 0.2) is 0 Å². The van der Waals surface area contributed by atoms with E-state index in [2.05, 4.69) is 15.5 Å². The number of nitrogens with two attached hydrogens (primary N) is 1. The van der Waals surface area contributed by atoms with E-state index in [9.17, 15) is 24.0 Å². The van der Waals surface area contributed by atoms with E-state index >= 15 is 0 Å². The van der Waals surface area contributed by atoms with Gasteiger partial charge in [-0.3, -0.25) is 24.0 Å². The monoisotopic (exact) mass is 671 g/mol. The number of carbonyl (C=O) groups excluding carboxylic acids is 5. The lowest BCUT2D eigenvalue weighted by Crippen LogP contribution is -2.63. The van der Waals surface area contributed by atoms with Gasteiger partial charge in [-0.1, -0.05) is 62.4 Å². The molecule has 3 fully saturated rings. The molecule has 13 nitrogen and oxygen atoms in total. The number of nitrogens with zero attached hydrogens (tertiary/aromatic N) is 3. The summed E-state index contributed by atoms with van der Waals surface area (Å²) in [6.45, 7) is 1.97. The van der Waals surface area contributed by atoms with Crippen molar-refractivity contribution < 1.29 is 38.0 Å². The Morgan fingerprint density at radius 2 is 1.76 bits per heavy atom. The highest BCUT2D eigenvalue weighted by Crippen LogP contribution is 2.30. The molecule has 4 amide bonds. The number of aryl methyl sites for hydroxylation is 1. The van der Waals surface area contributed by atoms with Crippen LogP contribution in [0.1, 0.15) is 73.9 Å². The second-order valence-electron chi connectivity index (χ2n) is 13.2. The van der Waals surface area contributed by atoms with Crippen LogP contribution in [0.25, 0.3) is 10.8 Å². The van der Waals surface area contributed by atoms with Crippen LogP contribution in [-0.4, -0.2) is 82.6 Å². The predicted octanol–water partition coefficient (Wildman–Crippen LogP) is 3.46. The van der Waals surface area contributed by atoms with Crippen molar-refractivity contribution in [1.82, 2.24) is 15.4 Å². The largest absolute Gasteiger partial charge is 0.470 e. The number of primary amides is 1. The molecule has 3 aromatic rings. The number of ketones is 1. The van der Waals surface area contributed by atoms with Gasteiger partial charge >= 0.3 is 0 Å². The fraction of sp³-hybridized carbons (Fsp3) is 0.472. The van der Waals surface area contributed by atoms with E-state index in [4.69, 9.17) is 19.7 Å². The lowest BCUT2D eigenvalue weighted by Gasteiger charge is -2.37. The summed E-state index contributed by atoms with van der Waals surface area (Å²) in [7, 11) is 0. The SMILES string of the molecule is Cc1cc(O[C@H]2C[C@@H](C(=O)NC3(C(=O)C(N)=O)CCOCC3)N(C(=O)C(CC3CCCCC3)=NC(=O)c3ccc4ccccc4c3)C2)no1. The van der Waals surface area contributed by atoms with E-state index in [1.807, 2.05) is 30.3 Å². The first kappa shape index (κ1) is 34.0. The zero-order valence-electron chi connectivity index (χ0n) is 27.5. The molecule has 13 heteroatoms. The van der Waals surface area contributed by atoms with Gasteiger partial charge in [0.1, 0.15) is 29.2 Å². The molecule has 1 aromatic heterocycles. The first-order valence-corrected chi connectivity index (χ1v) is 16.9. The van der Waals surface area contributed by atoms with Crippen LogP contribution in [0.4, 0.5) is 0 Å². The third-order valence-corrected chi connectivity index (χ3v) is 9.77. The molecule has 2 atom stereocenters. The molecule has 2 aromatic carbocycles. The van der Waals surface area contributed by atoms with Crippen molar-refractivity contribution in [2.75, 3.05) is 19.8 Å². The van der Waals surface area contributed by atoms with Crippen molar-refractivity contribution in [3.05, 3.63) is 59.9 Å². The third-order valence-electron chi connectivity index (χ3n) is 9.77. The van der Waals surface area contributed by atoms with Crippen molar-refractivity contribution in [3.63, 3.8) is 0 Å². The molecule has 258 valence electrons. The van der Waals surface area contributed by atoms with Gasteiger partial charge in [0.25, 0.3) is 23.6 Å². The molecule has 0 spiro atoms. The van der Waals surface area contributed by atoms with Crippen LogP contribution in [0.3, 0.4) is 0 Å². The summed E-state index contributed by atoms with van der Waals surface area (Å²) >= 11 is 0. The topological polar surface area (TPSA) is 183 Å². The number of amides is 4. The highest BCUT2D eigenvalue weighted by atomic mass is 16.5. The first-order chi connectivity index (χ1) is 23.6. The Bertz CT molecular complexity index is 1770. The number of aliphatic imine (C=N–C) groups is 1. The molecule has 49 heavy (non-hydrogen) atoms. The quantitative estimate of drug-likeness (QED) is 0.241. The van der Waals surface area contributed by atoms with E-state index in [0.717, 1.165) is 42.9 Å². The average Bonchev–Trinajstić information content (AvgIpc) is 3.73. The number of aromatic nitrogens is 1. The van der Waals surface area contributed by atoms with Gasteiger partial charge in [-0.05, 0) is 47.3 Å². The van der Waals surface area contributed by atoms with Crippen molar-refractivity contribution >= 4 is 45.9 Å². The summed E-state index contributed by atoms with van der Waals surface area (Å²) < 4.78 is 16.6. The third kappa shape index (κ3) is 7.72. The molecule has 2 saturated heterocycles. The molecular weight excluding hydrogens is 630 g/mol. The van der Waals surface area contributed by atoms with Crippen LogP contribution < -0.4 is 15.8 Å². The number of likely N-dealkylation sites (tertiary alicyclic amines) is 1. The molecule has 3 aliphatic rings. The van der Waals surface area contributed by atoms with Crippen LogP contribution in [0.5, 0.6) is 5.88 Å². The van der Waals surface area contributed by atoms with E-state index in [1.54, 1.807) is 25.1 Å². The maximum absolute atomic E-state index is 14.5. The number of nitrogens with one attached hydrogen (secondary N) is 1. The molecule has 3 heterocycles. The van der Waals surface area contributed by atoms with Gasteiger partial charge < -0.3 is 29.9 Å². The Labute approximate surface area is 283 Å². The summed E-state index contributed by atoms with van der Waals surface area (Å²) in [5, 5.41) is 8.51. The number of carbonyl (C=O) groups is 5. The molecule has 0 bridgehead atoms. The lowest BCUT2D eigenvalue weighted by molar-refractivity contribution is -0.146. The molecule has 0 radical (unpaired) electrons. The van der Waals surface area contributed by atoms with E-state index in [1.165, 1.54) is 4.90 Å². The van der Waals surface area contributed by atoms with Crippen LogP contribution in [0.2, 0.25) is 0 Å². The Balaban J connectivity index is 1.32. The van der Waals surface area contributed by atoms with Crippen molar-refractivity contribution in [2.45, 2.75) is 82.4 Å². The van der Waals surface area contributed by atoms with Gasteiger partial charge in [-0.2, -0.15) is 0 Å². The smallest absolute Gasteiger partial charge is 0.287 e. The van der Waals surface area contributed by atoms with Gasteiger partial charge in [-0.25, -0.2) is 4.99 Å². The minimum Gasteiger partial charge on any atom is -0.470 e. The Morgan fingerprint density at radius 1 is 1.02 bits per heavy atom. The number of ether oxygens (including phenoxy) is 2. The molecule has 6 rings (SSSR count). The van der Waals surface area contributed by atoms with Crippen LogP contribution >= 0.6 is 0 Å². The van der Waals surface area contributed by atoms with Gasteiger partial charge in [0.2, 0.25) is 11.7 Å². The van der Waals surface area contributed by atoms with E-state index in [-0.39, 0.29) is 63.0 Å². The average molecular weight is 672 g/mol. The molecule has 2 aliphatic heterocycles. The summed E-state index contributed by atoms with van der Waals surface area (Å²) in [5.74, 6) is -2.98. The lowest BCUT2D eigenvalue weighted by atomic mass is 9.84. The summed E-state index contributed by atoms with van der Waals surface area (Å²) in [6, 6.07) is 13.4. The number of hydrogen-bond acceptors (Lipinski definition) is 9. The number of hydrogen-bond donors (Lipinski definition) is 2. The molecular formula is C36H41N5O8. The zero-order valence-corrected chi connectivity index (χ0v) is 27.5. The Morgan fingerprint density at radius 3 is 2.45 bits per heavy atom. The fourth-order valence-electron chi connectivity index (χ4n) is 7.13. The predicted molar refractivity (Wildman–Crippen MR) is 178 cm³/mol. The van der Waals surface area contributed by atoms with Gasteiger partial charge in [0, 0.05) is 44.1 Å². The van der Waals surface area contributed by atoms with E-state index < -0.39 is 47.1 Å². The minimum absolute atomic E-state index is 0.0173. The highest BCUT2D eigenvalue weighted by molar-refractivity contribution is 6.41. The number of Topliss-reactive ketones (excluding diaryl/α,β-unsaturated/α-hetero) is 1. The van der Waals surface area contributed by atoms with Crippen molar-refractivity contribution in [1.29, 1.82) is 0 Å². The minimum atomic E-state index is -1.57. The standard InChI is InChI=1S/C36H41N5O8/c1-22-17-30(40-49-22)48-27-20-29(34(45)39-36(31(42)32(37)43)13-15-47-16-14-36)41(21-27)35(46)28(18-23-7-3-2-4-8-23)38-33(44)26-12-11-24-9-5-6-10-25(24)19-26/h5-6,9-12,17,19,23,27,29H,2-4,7-8,13-16,18,20-21H2,1H3,(H2,37,43)(H,39,45)/t27-,29-/m0/s1. The second kappa shape index (κ2) is 14.7. The molecule has 0 unspecified atom stereocenters. The first-order valence-electron chi connectivity index (χ1n) is 16.9. The summed E-state index contributed by atoms with van der Waals surface area (Å²) in [4.78, 5) is 73.2. The van der Waals surface area contributed by atoms with Crippen molar-refractivity contribution in [2.24, 2.45) is 16.6 Å². The zero-order chi connectivity index (χ0) is 34.5. The normalized spacial score (nSPS) is 21.3. The maximum atomic E-state index is 14.5. The number of fused-ring (bicyclic) bond motifs is 1. The number of benzene rings is 2. The van der Waals surface area contributed by atoms with Crippen LogP contribution in [0, 0.1) is 12.8 Å². The van der Waals surface area contributed by atoms with Crippen LogP contribution in [0.15, 0.2) is 58.0 Å². The fourth-order valence-corrected chi connectivity index (χ4v) is 7.13. The molecule has 1 saturated carbocycles. The Hall–Kier alpha value is -4.91. The summed E-state index contributed by atoms with van der Waals surface area (Å²) in [6.07, 6.45) is 4.71. The summed E-state index contributed by atoms with van der Waals surface area (Å²) in [5.41, 5.74) is 4.23. The Kier molecular flexibility index (Phi) is 10.2. The molecule has 3 N–H and O–H groups in total. The highest BCUT2D eigenvalue weighted by Gasteiger charge is 2.48. The maximum Gasteiger partial charge on any atom is 0.287 e.